The topological polar surface area (TPSA) is 37.3 Å². The summed E-state index contributed by atoms with van der Waals surface area (Å²) < 4.78 is 0.936. The van der Waals surface area contributed by atoms with Gasteiger partial charge in [-0.1, -0.05) is 44.0 Å². The minimum atomic E-state index is -0.901. The van der Waals surface area contributed by atoms with Crippen molar-refractivity contribution in [3.63, 3.8) is 0 Å². The maximum absolute atomic E-state index is 10.7. The van der Waals surface area contributed by atoms with Crippen LogP contribution in [0.2, 0.25) is 0 Å². The van der Waals surface area contributed by atoms with Crippen LogP contribution in [0, 0.1) is 0 Å². The van der Waals surface area contributed by atoms with Gasteiger partial charge in [-0.25, -0.2) is 4.79 Å². The third-order valence-corrected chi connectivity index (χ3v) is 2.71. The van der Waals surface area contributed by atoms with Gasteiger partial charge in [0.2, 0.25) is 0 Å². The number of hydrogen-bond donors (Lipinski definition) is 1. The average molecular weight is 320 g/mol. The van der Waals surface area contributed by atoms with Crippen molar-refractivity contribution in [3.8, 4) is 0 Å². The standard InChI is InChI=1S/C10H8Br2O2/c11-6-8(10(13)14)4-7-2-1-3-9(12)5-7/h1-5H,6H2,(H,13,14)/b8-4+. The summed E-state index contributed by atoms with van der Waals surface area (Å²) in [7, 11) is 0. The SMILES string of the molecule is O=C(O)/C(=C/c1cccc(Br)c1)CBr. The molecule has 1 aromatic rings. The number of aliphatic carboxylic acids is 1. The Morgan fingerprint density at radius 1 is 1.50 bits per heavy atom. The summed E-state index contributed by atoms with van der Waals surface area (Å²) in [6.07, 6.45) is 1.64. The highest BCUT2D eigenvalue weighted by atomic mass is 79.9. The molecular weight excluding hydrogens is 312 g/mol. The Hall–Kier alpha value is -0.610. The number of carbonyl (C=O) groups is 1. The van der Waals surface area contributed by atoms with Crippen molar-refractivity contribution in [1.29, 1.82) is 0 Å². The molecular formula is C10H8Br2O2. The third-order valence-electron chi connectivity index (χ3n) is 1.61. The van der Waals surface area contributed by atoms with Gasteiger partial charge in [0, 0.05) is 15.4 Å². The van der Waals surface area contributed by atoms with Crippen LogP contribution in [0.3, 0.4) is 0 Å². The average Bonchev–Trinajstić information content (AvgIpc) is 2.14. The molecule has 1 N–H and O–H groups in total. The Balaban J connectivity index is 3.00. The second-order valence-electron chi connectivity index (χ2n) is 2.66. The predicted octanol–water partition coefficient (Wildman–Crippen LogP) is 3.31. The summed E-state index contributed by atoms with van der Waals surface area (Å²) in [5.41, 5.74) is 1.21. The second-order valence-corrected chi connectivity index (χ2v) is 4.14. The molecule has 0 spiro atoms. The van der Waals surface area contributed by atoms with Crippen molar-refractivity contribution in [2.24, 2.45) is 0 Å². The van der Waals surface area contributed by atoms with E-state index in [1.807, 2.05) is 24.3 Å². The van der Waals surface area contributed by atoms with Crippen LogP contribution in [0.1, 0.15) is 5.56 Å². The molecule has 0 unspecified atom stereocenters. The van der Waals surface area contributed by atoms with Gasteiger partial charge in [-0.15, -0.1) is 0 Å². The summed E-state index contributed by atoms with van der Waals surface area (Å²) >= 11 is 6.45. The molecule has 0 saturated carbocycles. The van der Waals surface area contributed by atoms with Gasteiger partial charge in [0.1, 0.15) is 0 Å². The zero-order valence-corrected chi connectivity index (χ0v) is 10.4. The van der Waals surface area contributed by atoms with Crippen LogP contribution in [0.25, 0.3) is 6.08 Å². The van der Waals surface area contributed by atoms with Gasteiger partial charge >= 0.3 is 5.97 Å². The Kier molecular flexibility index (Phi) is 4.35. The Morgan fingerprint density at radius 2 is 2.21 bits per heavy atom. The number of hydrogen-bond acceptors (Lipinski definition) is 1. The zero-order valence-electron chi connectivity index (χ0n) is 7.21. The van der Waals surface area contributed by atoms with E-state index in [9.17, 15) is 4.79 Å². The Labute approximate surface area is 98.9 Å². The number of alkyl halides is 1. The maximum atomic E-state index is 10.7. The molecule has 14 heavy (non-hydrogen) atoms. The molecule has 0 fully saturated rings. The first-order chi connectivity index (χ1) is 6.63. The van der Waals surface area contributed by atoms with Crippen molar-refractivity contribution in [2.45, 2.75) is 0 Å². The van der Waals surface area contributed by atoms with E-state index >= 15 is 0 Å². The second kappa shape index (κ2) is 5.32. The van der Waals surface area contributed by atoms with E-state index in [1.54, 1.807) is 6.08 Å². The van der Waals surface area contributed by atoms with Crippen LogP contribution in [0.15, 0.2) is 34.3 Å². The summed E-state index contributed by atoms with van der Waals surface area (Å²) in [5.74, 6) is -0.901. The molecule has 0 amide bonds. The first-order valence-corrected chi connectivity index (χ1v) is 5.80. The lowest BCUT2D eigenvalue weighted by atomic mass is 10.1. The smallest absolute Gasteiger partial charge is 0.332 e. The molecule has 0 aliphatic rings. The van der Waals surface area contributed by atoms with Gasteiger partial charge in [-0.3, -0.25) is 0 Å². The van der Waals surface area contributed by atoms with Gasteiger partial charge in [-0.2, -0.15) is 0 Å². The molecule has 0 heterocycles. The Morgan fingerprint density at radius 3 is 2.71 bits per heavy atom. The quantitative estimate of drug-likeness (QED) is 0.685. The molecule has 0 aliphatic heterocycles. The van der Waals surface area contributed by atoms with E-state index in [0.29, 0.717) is 10.9 Å². The minimum absolute atomic E-state index is 0.336. The highest BCUT2D eigenvalue weighted by Gasteiger charge is 2.04. The van der Waals surface area contributed by atoms with Crippen LogP contribution in [0.5, 0.6) is 0 Å². The van der Waals surface area contributed by atoms with Crippen molar-refractivity contribution in [1.82, 2.24) is 0 Å². The number of benzene rings is 1. The van der Waals surface area contributed by atoms with Gasteiger partial charge < -0.3 is 5.11 Å². The molecule has 0 saturated heterocycles. The van der Waals surface area contributed by atoms with E-state index < -0.39 is 5.97 Å². The van der Waals surface area contributed by atoms with Crippen LogP contribution in [-0.2, 0) is 4.79 Å². The number of rotatable bonds is 3. The summed E-state index contributed by atoms with van der Waals surface area (Å²) in [6, 6.07) is 7.48. The summed E-state index contributed by atoms with van der Waals surface area (Å²) in [5, 5.41) is 9.14. The fourth-order valence-electron chi connectivity index (χ4n) is 0.955. The highest BCUT2D eigenvalue weighted by Crippen LogP contribution is 2.15. The Bertz CT molecular complexity index is 372. The largest absolute Gasteiger partial charge is 0.478 e. The van der Waals surface area contributed by atoms with Gasteiger partial charge in [-0.05, 0) is 23.8 Å². The maximum Gasteiger partial charge on any atom is 0.332 e. The van der Waals surface area contributed by atoms with E-state index in [1.165, 1.54) is 0 Å². The zero-order chi connectivity index (χ0) is 10.6. The molecule has 4 heteroatoms. The van der Waals surface area contributed by atoms with Crippen LogP contribution in [-0.4, -0.2) is 16.4 Å². The third kappa shape index (κ3) is 3.27. The van der Waals surface area contributed by atoms with Crippen LogP contribution in [0.4, 0.5) is 0 Å². The van der Waals surface area contributed by atoms with E-state index in [0.717, 1.165) is 10.0 Å². The molecule has 2 nitrogen and oxygen atoms in total. The van der Waals surface area contributed by atoms with Gasteiger partial charge in [0.25, 0.3) is 0 Å². The fourth-order valence-corrected chi connectivity index (χ4v) is 1.77. The molecule has 0 bridgehead atoms. The van der Waals surface area contributed by atoms with Crippen molar-refractivity contribution >= 4 is 43.9 Å². The van der Waals surface area contributed by atoms with Crippen molar-refractivity contribution in [2.75, 3.05) is 5.33 Å². The molecule has 0 atom stereocenters. The summed E-state index contributed by atoms with van der Waals surface area (Å²) in [6.45, 7) is 0. The van der Waals surface area contributed by atoms with Crippen LogP contribution >= 0.6 is 31.9 Å². The molecule has 74 valence electrons. The van der Waals surface area contributed by atoms with Crippen LogP contribution < -0.4 is 0 Å². The lowest BCUT2D eigenvalue weighted by Gasteiger charge is -1.98. The number of carboxylic acid groups (broad SMARTS) is 1. The molecule has 0 radical (unpaired) electrons. The minimum Gasteiger partial charge on any atom is -0.478 e. The van der Waals surface area contributed by atoms with Crippen molar-refractivity contribution < 1.29 is 9.90 Å². The first-order valence-electron chi connectivity index (χ1n) is 3.89. The number of carboxylic acids is 1. The van der Waals surface area contributed by atoms with E-state index in [4.69, 9.17) is 5.11 Å². The molecule has 1 aromatic carbocycles. The lowest BCUT2D eigenvalue weighted by molar-refractivity contribution is -0.132. The number of halogens is 2. The first kappa shape index (κ1) is 11.5. The molecule has 0 aromatic heterocycles. The van der Waals surface area contributed by atoms with Gasteiger partial charge in [0.15, 0.2) is 0 Å². The lowest BCUT2D eigenvalue weighted by Crippen LogP contribution is -2.00. The van der Waals surface area contributed by atoms with Crippen molar-refractivity contribution in [3.05, 3.63) is 39.9 Å². The van der Waals surface area contributed by atoms with Gasteiger partial charge in [0.05, 0.1) is 0 Å². The normalized spacial score (nSPS) is 11.4. The van der Waals surface area contributed by atoms with E-state index in [2.05, 4.69) is 31.9 Å². The molecule has 1 rings (SSSR count). The predicted molar refractivity (Wildman–Crippen MR) is 63.5 cm³/mol. The monoisotopic (exact) mass is 318 g/mol. The summed E-state index contributed by atoms with van der Waals surface area (Å²) in [4.78, 5) is 10.7. The molecule has 0 aliphatic carbocycles. The van der Waals surface area contributed by atoms with E-state index in [-0.39, 0.29) is 0 Å². The fraction of sp³-hybridized carbons (Fsp3) is 0.100. The highest BCUT2D eigenvalue weighted by molar-refractivity contribution is 9.10.